The smallest absolute Gasteiger partial charge is 0.0347 e. The largest absolute Gasteiger partial charge is 0.324 e. The number of rotatable bonds is 3. The molecule has 0 amide bonds. The third kappa shape index (κ3) is 2.39. The molecule has 3 nitrogen and oxygen atoms in total. The Morgan fingerprint density at radius 2 is 1.84 bits per heavy atom. The van der Waals surface area contributed by atoms with Gasteiger partial charge in [0.2, 0.25) is 0 Å². The first kappa shape index (κ1) is 12.3. The predicted octanol–water partition coefficient (Wildman–Crippen LogP) is 2.88. The van der Waals surface area contributed by atoms with Gasteiger partial charge in [0.1, 0.15) is 0 Å². The molecular formula is C16H19N3. The SMILES string of the molecule is C[C@H](NC1CC(N)c2ccccc21)c1ccncc1. The van der Waals surface area contributed by atoms with Crippen molar-refractivity contribution in [2.24, 2.45) is 5.73 Å². The summed E-state index contributed by atoms with van der Waals surface area (Å²) in [5.74, 6) is 0. The van der Waals surface area contributed by atoms with E-state index < -0.39 is 0 Å². The average molecular weight is 253 g/mol. The van der Waals surface area contributed by atoms with Crippen molar-refractivity contribution in [3.8, 4) is 0 Å². The maximum Gasteiger partial charge on any atom is 0.0347 e. The van der Waals surface area contributed by atoms with Gasteiger partial charge in [-0.05, 0) is 42.2 Å². The highest BCUT2D eigenvalue weighted by Crippen LogP contribution is 2.38. The van der Waals surface area contributed by atoms with Crippen molar-refractivity contribution < 1.29 is 0 Å². The summed E-state index contributed by atoms with van der Waals surface area (Å²) in [5, 5.41) is 3.67. The van der Waals surface area contributed by atoms with E-state index >= 15 is 0 Å². The Hall–Kier alpha value is -1.71. The van der Waals surface area contributed by atoms with Gasteiger partial charge in [0.05, 0.1) is 0 Å². The number of hydrogen-bond donors (Lipinski definition) is 2. The summed E-state index contributed by atoms with van der Waals surface area (Å²) in [7, 11) is 0. The minimum Gasteiger partial charge on any atom is -0.324 e. The summed E-state index contributed by atoms with van der Waals surface area (Å²) in [4.78, 5) is 4.06. The summed E-state index contributed by atoms with van der Waals surface area (Å²) in [6.07, 6.45) is 4.64. The maximum absolute atomic E-state index is 6.20. The van der Waals surface area contributed by atoms with Crippen molar-refractivity contribution >= 4 is 0 Å². The average Bonchev–Trinajstić information content (AvgIpc) is 2.77. The molecule has 3 atom stereocenters. The van der Waals surface area contributed by atoms with Gasteiger partial charge in [0.15, 0.2) is 0 Å². The fourth-order valence-corrected chi connectivity index (χ4v) is 2.88. The minimum atomic E-state index is 0.151. The van der Waals surface area contributed by atoms with Crippen molar-refractivity contribution in [1.82, 2.24) is 10.3 Å². The van der Waals surface area contributed by atoms with E-state index in [1.807, 2.05) is 12.4 Å². The molecule has 0 bridgehead atoms. The Labute approximate surface area is 113 Å². The molecule has 0 spiro atoms. The summed E-state index contributed by atoms with van der Waals surface area (Å²) in [5.41, 5.74) is 10.1. The predicted molar refractivity (Wildman–Crippen MR) is 76.5 cm³/mol. The van der Waals surface area contributed by atoms with Crippen LogP contribution in [0.1, 0.15) is 48.2 Å². The van der Waals surface area contributed by atoms with E-state index in [-0.39, 0.29) is 6.04 Å². The molecule has 3 N–H and O–H groups in total. The van der Waals surface area contributed by atoms with E-state index in [1.54, 1.807) is 0 Å². The van der Waals surface area contributed by atoms with Gasteiger partial charge in [-0.1, -0.05) is 24.3 Å². The van der Waals surface area contributed by atoms with Crippen LogP contribution in [0.15, 0.2) is 48.8 Å². The monoisotopic (exact) mass is 253 g/mol. The molecule has 1 aromatic carbocycles. The molecule has 1 aromatic heterocycles. The second kappa shape index (κ2) is 5.11. The maximum atomic E-state index is 6.20. The number of hydrogen-bond acceptors (Lipinski definition) is 3. The third-order valence-electron chi connectivity index (χ3n) is 3.92. The molecule has 0 saturated heterocycles. The van der Waals surface area contributed by atoms with E-state index in [0.29, 0.717) is 12.1 Å². The standard InChI is InChI=1S/C16H19N3/c1-11(12-6-8-18-9-7-12)19-16-10-15(17)13-4-2-3-5-14(13)16/h2-9,11,15-16,19H,10,17H2,1H3/t11-,15?,16?/m0/s1. The van der Waals surface area contributed by atoms with Crippen LogP contribution in [0, 0.1) is 0 Å². The Morgan fingerprint density at radius 1 is 1.16 bits per heavy atom. The Morgan fingerprint density at radius 3 is 2.58 bits per heavy atom. The van der Waals surface area contributed by atoms with Crippen LogP contribution in [0.5, 0.6) is 0 Å². The molecule has 98 valence electrons. The molecule has 0 aliphatic heterocycles. The highest BCUT2D eigenvalue weighted by Gasteiger charge is 2.28. The number of nitrogens with one attached hydrogen (secondary N) is 1. The lowest BCUT2D eigenvalue weighted by Crippen LogP contribution is -2.23. The van der Waals surface area contributed by atoms with Crippen LogP contribution in [-0.2, 0) is 0 Å². The van der Waals surface area contributed by atoms with E-state index in [0.717, 1.165) is 6.42 Å². The molecule has 0 fully saturated rings. The number of pyridine rings is 1. The van der Waals surface area contributed by atoms with Crippen molar-refractivity contribution in [3.05, 3.63) is 65.5 Å². The summed E-state index contributed by atoms with van der Waals surface area (Å²) >= 11 is 0. The van der Waals surface area contributed by atoms with Gasteiger partial charge in [0.25, 0.3) is 0 Å². The first-order chi connectivity index (χ1) is 9.25. The summed E-state index contributed by atoms with van der Waals surface area (Å²) in [6.45, 7) is 2.18. The summed E-state index contributed by atoms with van der Waals surface area (Å²) in [6, 6.07) is 13.4. The number of aromatic nitrogens is 1. The molecule has 19 heavy (non-hydrogen) atoms. The first-order valence-corrected chi connectivity index (χ1v) is 6.76. The Balaban J connectivity index is 1.79. The van der Waals surface area contributed by atoms with E-state index in [2.05, 4.69) is 53.6 Å². The summed E-state index contributed by atoms with van der Waals surface area (Å²) < 4.78 is 0. The fourth-order valence-electron chi connectivity index (χ4n) is 2.88. The quantitative estimate of drug-likeness (QED) is 0.884. The van der Waals surface area contributed by atoms with Gasteiger partial charge in [-0.2, -0.15) is 0 Å². The van der Waals surface area contributed by atoms with Crippen molar-refractivity contribution in [2.45, 2.75) is 31.5 Å². The topological polar surface area (TPSA) is 50.9 Å². The zero-order valence-corrected chi connectivity index (χ0v) is 11.1. The lowest BCUT2D eigenvalue weighted by atomic mass is 10.1. The van der Waals surface area contributed by atoms with E-state index in [9.17, 15) is 0 Å². The van der Waals surface area contributed by atoms with Crippen LogP contribution < -0.4 is 11.1 Å². The highest BCUT2D eigenvalue weighted by atomic mass is 15.0. The minimum absolute atomic E-state index is 0.151. The van der Waals surface area contributed by atoms with Crippen LogP contribution in [0.2, 0.25) is 0 Å². The number of nitrogens with zero attached hydrogens (tertiary/aromatic N) is 1. The van der Waals surface area contributed by atoms with Gasteiger partial charge in [-0.25, -0.2) is 0 Å². The number of benzene rings is 1. The highest BCUT2D eigenvalue weighted by molar-refractivity contribution is 5.37. The molecular weight excluding hydrogens is 234 g/mol. The van der Waals surface area contributed by atoms with Crippen LogP contribution in [0.3, 0.4) is 0 Å². The second-order valence-corrected chi connectivity index (χ2v) is 5.19. The van der Waals surface area contributed by atoms with Gasteiger partial charge in [-0.15, -0.1) is 0 Å². The van der Waals surface area contributed by atoms with E-state index in [4.69, 9.17) is 5.73 Å². The Kier molecular flexibility index (Phi) is 3.32. The molecule has 1 aliphatic carbocycles. The molecule has 2 aromatic rings. The van der Waals surface area contributed by atoms with Gasteiger partial charge in [-0.3, -0.25) is 4.98 Å². The number of fused-ring (bicyclic) bond motifs is 1. The van der Waals surface area contributed by atoms with Crippen LogP contribution in [-0.4, -0.2) is 4.98 Å². The molecule has 0 radical (unpaired) electrons. The van der Waals surface area contributed by atoms with Crippen molar-refractivity contribution in [1.29, 1.82) is 0 Å². The van der Waals surface area contributed by atoms with Crippen LogP contribution in [0.25, 0.3) is 0 Å². The molecule has 3 rings (SSSR count). The Bertz CT molecular complexity index is 553. The van der Waals surface area contributed by atoms with Gasteiger partial charge >= 0.3 is 0 Å². The third-order valence-corrected chi connectivity index (χ3v) is 3.92. The molecule has 1 heterocycles. The zero-order chi connectivity index (χ0) is 13.2. The second-order valence-electron chi connectivity index (χ2n) is 5.19. The number of nitrogens with two attached hydrogens (primary N) is 1. The van der Waals surface area contributed by atoms with Crippen LogP contribution in [0.4, 0.5) is 0 Å². The van der Waals surface area contributed by atoms with Crippen molar-refractivity contribution in [3.63, 3.8) is 0 Å². The van der Waals surface area contributed by atoms with Gasteiger partial charge < -0.3 is 11.1 Å². The van der Waals surface area contributed by atoms with Gasteiger partial charge in [0, 0.05) is 30.5 Å². The lowest BCUT2D eigenvalue weighted by molar-refractivity contribution is 0.445. The van der Waals surface area contributed by atoms with Crippen LogP contribution >= 0.6 is 0 Å². The molecule has 2 unspecified atom stereocenters. The molecule has 0 saturated carbocycles. The molecule has 3 heteroatoms. The van der Waals surface area contributed by atoms with E-state index in [1.165, 1.54) is 16.7 Å². The lowest BCUT2D eigenvalue weighted by Gasteiger charge is -2.20. The molecule has 1 aliphatic rings. The first-order valence-electron chi connectivity index (χ1n) is 6.76. The zero-order valence-electron chi connectivity index (χ0n) is 11.1. The fraction of sp³-hybridized carbons (Fsp3) is 0.312. The normalized spacial score (nSPS) is 23.1. The van der Waals surface area contributed by atoms with Crippen molar-refractivity contribution in [2.75, 3.05) is 0 Å².